The summed E-state index contributed by atoms with van der Waals surface area (Å²) in [6.45, 7) is 4.02. The average Bonchev–Trinajstić information content (AvgIpc) is 2.40. The van der Waals surface area contributed by atoms with Crippen LogP contribution in [0.5, 0.6) is 0 Å². The third kappa shape index (κ3) is 3.56. The fourth-order valence-corrected chi connectivity index (χ4v) is 1.87. The second-order valence-electron chi connectivity index (χ2n) is 4.13. The van der Waals surface area contributed by atoms with E-state index in [1.165, 1.54) is 11.1 Å². The summed E-state index contributed by atoms with van der Waals surface area (Å²) in [5.74, 6) is 0. The van der Waals surface area contributed by atoms with Crippen LogP contribution in [0, 0.1) is 0 Å². The summed E-state index contributed by atoms with van der Waals surface area (Å²) in [4.78, 5) is 0. The van der Waals surface area contributed by atoms with Crippen LogP contribution in [0.4, 0.5) is 0 Å². The second-order valence-corrected chi connectivity index (χ2v) is 4.13. The van der Waals surface area contributed by atoms with Crippen molar-refractivity contribution in [2.24, 2.45) is 0 Å². The molecule has 0 fully saturated rings. The molecule has 2 rings (SSSR count). The van der Waals surface area contributed by atoms with Crippen LogP contribution in [0.25, 0.3) is 0 Å². The molecule has 0 aliphatic heterocycles. The lowest BCUT2D eigenvalue weighted by atomic mass is 10.2. The molecular formula is C16H18N+. The van der Waals surface area contributed by atoms with Gasteiger partial charge in [-0.3, -0.25) is 0 Å². The topological polar surface area (TPSA) is 3.01 Å². The van der Waals surface area contributed by atoms with E-state index in [2.05, 4.69) is 78.4 Å². The van der Waals surface area contributed by atoms with Gasteiger partial charge in [0.1, 0.15) is 6.21 Å². The van der Waals surface area contributed by atoms with Crippen LogP contribution in [0.15, 0.2) is 60.7 Å². The first-order valence-corrected chi connectivity index (χ1v) is 6.00. The molecule has 0 N–H and O–H groups in total. The molecule has 86 valence electrons. The van der Waals surface area contributed by atoms with Gasteiger partial charge in [-0.2, -0.15) is 0 Å². The lowest BCUT2D eigenvalue weighted by Gasteiger charge is -2.03. The minimum absolute atomic E-state index is 0.965. The normalized spacial score (nSPS) is 9.94. The Bertz CT molecular complexity index is 428. The van der Waals surface area contributed by atoms with E-state index >= 15 is 0 Å². The van der Waals surface area contributed by atoms with Gasteiger partial charge in [0.25, 0.3) is 0 Å². The van der Waals surface area contributed by atoms with E-state index < -0.39 is 0 Å². The number of rotatable bonds is 4. The van der Waals surface area contributed by atoms with E-state index in [4.69, 9.17) is 0 Å². The van der Waals surface area contributed by atoms with E-state index in [1.807, 2.05) is 0 Å². The third-order valence-electron chi connectivity index (χ3n) is 2.82. The van der Waals surface area contributed by atoms with Gasteiger partial charge in [0.2, 0.25) is 0 Å². The molecule has 0 saturated heterocycles. The molecule has 17 heavy (non-hydrogen) atoms. The predicted octanol–water partition coefficient (Wildman–Crippen LogP) is 3.49. The number of nitrogens with zero attached hydrogens (tertiary/aromatic N) is 1. The molecule has 0 heterocycles. The highest BCUT2D eigenvalue weighted by atomic mass is 15.0. The van der Waals surface area contributed by atoms with Gasteiger partial charge in [0, 0.05) is 18.1 Å². The lowest BCUT2D eigenvalue weighted by Crippen LogP contribution is -2.11. The Balaban J connectivity index is 2.04. The summed E-state index contributed by atoms with van der Waals surface area (Å²) in [7, 11) is 0. The van der Waals surface area contributed by atoms with Crippen LogP contribution >= 0.6 is 0 Å². The van der Waals surface area contributed by atoms with Crippen molar-refractivity contribution in [3.63, 3.8) is 0 Å². The Morgan fingerprint density at radius 3 is 1.53 bits per heavy atom. The minimum Gasteiger partial charge on any atom is -0.231 e. The summed E-state index contributed by atoms with van der Waals surface area (Å²) in [5.41, 5.74) is 2.70. The van der Waals surface area contributed by atoms with Crippen LogP contribution in [0.1, 0.15) is 18.1 Å². The highest BCUT2D eigenvalue weighted by Gasteiger charge is 2.05. The average molecular weight is 224 g/mol. The van der Waals surface area contributed by atoms with Gasteiger partial charge < -0.3 is 0 Å². The largest absolute Gasteiger partial charge is 0.231 e. The van der Waals surface area contributed by atoms with Gasteiger partial charge in [-0.15, -0.1) is 0 Å². The monoisotopic (exact) mass is 224 g/mol. The van der Waals surface area contributed by atoms with Crippen LogP contribution in [0.3, 0.4) is 0 Å². The first kappa shape index (κ1) is 11.6. The number of benzene rings is 2. The summed E-state index contributed by atoms with van der Waals surface area (Å²) in [6, 6.07) is 21.1. The van der Waals surface area contributed by atoms with Gasteiger partial charge in [0.05, 0.1) is 0 Å². The van der Waals surface area contributed by atoms with Crippen molar-refractivity contribution >= 4 is 6.21 Å². The molecule has 0 bridgehead atoms. The Kier molecular flexibility index (Phi) is 4.09. The van der Waals surface area contributed by atoms with Gasteiger partial charge in [-0.25, -0.2) is 4.58 Å². The second kappa shape index (κ2) is 6.00. The van der Waals surface area contributed by atoms with E-state index in [0.717, 1.165) is 13.1 Å². The zero-order valence-corrected chi connectivity index (χ0v) is 10.2. The standard InChI is InChI=1S/C16H18N/c1-2-17(13-15-9-5-3-6-10-15)14-16-11-7-4-8-12-16/h2-12H,13-14H2,1H3/q+1. The third-order valence-corrected chi connectivity index (χ3v) is 2.82. The molecule has 2 aromatic carbocycles. The molecule has 0 aliphatic carbocycles. The van der Waals surface area contributed by atoms with Crippen LogP contribution in [-0.2, 0) is 13.1 Å². The summed E-state index contributed by atoms with van der Waals surface area (Å²) in [6.07, 6.45) is 2.15. The van der Waals surface area contributed by atoms with Gasteiger partial charge in [-0.1, -0.05) is 60.7 Å². The van der Waals surface area contributed by atoms with E-state index in [0.29, 0.717) is 0 Å². The highest BCUT2D eigenvalue weighted by Crippen LogP contribution is 2.05. The van der Waals surface area contributed by atoms with Crippen molar-refractivity contribution in [1.82, 2.24) is 0 Å². The van der Waals surface area contributed by atoms with Gasteiger partial charge >= 0.3 is 0 Å². The maximum absolute atomic E-state index is 2.32. The maximum Gasteiger partial charge on any atom is 0.168 e. The highest BCUT2D eigenvalue weighted by molar-refractivity contribution is 5.46. The summed E-state index contributed by atoms with van der Waals surface area (Å²) >= 11 is 0. The van der Waals surface area contributed by atoms with Crippen LogP contribution in [-0.4, -0.2) is 10.8 Å². The summed E-state index contributed by atoms with van der Waals surface area (Å²) < 4.78 is 2.32. The predicted molar refractivity (Wildman–Crippen MR) is 72.3 cm³/mol. The van der Waals surface area contributed by atoms with E-state index in [9.17, 15) is 0 Å². The van der Waals surface area contributed by atoms with E-state index in [1.54, 1.807) is 0 Å². The van der Waals surface area contributed by atoms with Crippen LogP contribution < -0.4 is 0 Å². The van der Waals surface area contributed by atoms with Crippen molar-refractivity contribution in [2.75, 3.05) is 0 Å². The molecule has 0 aliphatic rings. The molecule has 2 aromatic rings. The SMILES string of the molecule is CC=[N+](Cc1ccccc1)Cc1ccccc1. The van der Waals surface area contributed by atoms with Crippen LogP contribution in [0.2, 0.25) is 0 Å². The maximum atomic E-state index is 2.32. The van der Waals surface area contributed by atoms with Crippen molar-refractivity contribution in [3.8, 4) is 0 Å². The molecule has 0 radical (unpaired) electrons. The van der Waals surface area contributed by atoms with Crippen molar-refractivity contribution in [3.05, 3.63) is 71.8 Å². The summed E-state index contributed by atoms with van der Waals surface area (Å²) in [5, 5.41) is 0. The molecule has 0 atom stereocenters. The van der Waals surface area contributed by atoms with Crippen molar-refractivity contribution in [1.29, 1.82) is 0 Å². The van der Waals surface area contributed by atoms with Crippen molar-refractivity contribution in [2.45, 2.75) is 20.0 Å². The van der Waals surface area contributed by atoms with E-state index in [-0.39, 0.29) is 0 Å². The van der Waals surface area contributed by atoms with Crippen molar-refractivity contribution < 1.29 is 4.58 Å². The smallest absolute Gasteiger partial charge is 0.168 e. The lowest BCUT2D eigenvalue weighted by molar-refractivity contribution is -0.555. The molecule has 0 aromatic heterocycles. The quantitative estimate of drug-likeness (QED) is 0.552. The zero-order valence-electron chi connectivity index (χ0n) is 10.2. The molecule has 0 amide bonds. The minimum atomic E-state index is 0.965. The molecular weight excluding hydrogens is 206 g/mol. The molecule has 0 unspecified atom stereocenters. The Morgan fingerprint density at radius 1 is 0.765 bits per heavy atom. The van der Waals surface area contributed by atoms with Gasteiger partial charge in [0.15, 0.2) is 13.1 Å². The zero-order chi connectivity index (χ0) is 11.9. The van der Waals surface area contributed by atoms with Gasteiger partial charge in [-0.05, 0) is 0 Å². The fourth-order valence-electron chi connectivity index (χ4n) is 1.87. The molecule has 1 heteroatoms. The number of hydrogen-bond acceptors (Lipinski definition) is 0. The number of hydrogen-bond donors (Lipinski definition) is 0. The molecule has 0 spiro atoms. The first-order chi connectivity index (χ1) is 8.38. The molecule has 1 nitrogen and oxygen atoms in total. The Hall–Kier alpha value is -1.89. The Labute approximate surface area is 103 Å². The molecule has 0 saturated carbocycles. The first-order valence-electron chi connectivity index (χ1n) is 6.00. The fraction of sp³-hybridized carbons (Fsp3) is 0.188. The Morgan fingerprint density at radius 2 is 1.18 bits per heavy atom.